The standard InChI is InChI=1S/C13H21N3O2S/c1-19(17,18)11-5-4-8-15-12(11)16-10-13(9-14)6-2-3-7-13/h4-5,8H,2-3,6-7,9-10,14H2,1H3,(H,15,16). The van der Waals surface area contributed by atoms with Gasteiger partial charge in [-0.25, -0.2) is 13.4 Å². The molecule has 0 unspecified atom stereocenters. The third-order valence-electron chi connectivity index (χ3n) is 3.90. The molecule has 106 valence electrons. The Balaban J connectivity index is 2.16. The third kappa shape index (κ3) is 3.25. The van der Waals surface area contributed by atoms with Crippen molar-refractivity contribution in [1.29, 1.82) is 0 Å². The van der Waals surface area contributed by atoms with Gasteiger partial charge >= 0.3 is 0 Å². The molecule has 19 heavy (non-hydrogen) atoms. The summed E-state index contributed by atoms with van der Waals surface area (Å²) in [5, 5.41) is 3.18. The van der Waals surface area contributed by atoms with Crippen molar-refractivity contribution in [2.45, 2.75) is 30.6 Å². The maximum atomic E-state index is 11.7. The molecule has 1 saturated carbocycles. The summed E-state index contributed by atoms with van der Waals surface area (Å²) in [6.07, 6.45) is 7.37. The lowest BCUT2D eigenvalue weighted by Crippen LogP contribution is -2.35. The van der Waals surface area contributed by atoms with Crippen molar-refractivity contribution >= 4 is 15.7 Å². The van der Waals surface area contributed by atoms with E-state index in [9.17, 15) is 8.42 Å². The van der Waals surface area contributed by atoms with Gasteiger partial charge in [-0.15, -0.1) is 0 Å². The van der Waals surface area contributed by atoms with E-state index in [0.717, 1.165) is 12.8 Å². The summed E-state index contributed by atoms with van der Waals surface area (Å²) in [7, 11) is -3.26. The first-order valence-corrected chi connectivity index (χ1v) is 8.45. The predicted molar refractivity (Wildman–Crippen MR) is 75.8 cm³/mol. The van der Waals surface area contributed by atoms with Gasteiger partial charge in [-0.2, -0.15) is 0 Å². The fraction of sp³-hybridized carbons (Fsp3) is 0.615. The Morgan fingerprint density at radius 3 is 2.68 bits per heavy atom. The van der Waals surface area contributed by atoms with Crippen molar-refractivity contribution in [3.8, 4) is 0 Å². The van der Waals surface area contributed by atoms with Crippen molar-refractivity contribution < 1.29 is 8.42 Å². The Kier molecular flexibility index (Phi) is 4.10. The summed E-state index contributed by atoms with van der Waals surface area (Å²) < 4.78 is 23.4. The van der Waals surface area contributed by atoms with Crippen LogP contribution in [0.1, 0.15) is 25.7 Å². The molecular formula is C13H21N3O2S. The minimum absolute atomic E-state index is 0.0896. The van der Waals surface area contributed by atoms with Gasteiger partial charge in [0.1, 0.15) is 10.7 Å². The van der Waals surface area contributed by atoms with E-state index in [2.05, 4.69) is 10.3 Å². The largest absolute Gasteiger partial charge is 0.368 e. The van der Waals surface area contributed by atoms with Crippen molar-refractivity contribution in [2.75, 3.05) is 24.7 Å². The zero-order chi connectivity index (χ0) is 13.9. The summed E-state index contributed by atoms with van der Waals surface area (Å²) in [5.74, 6) is 0.435. The zero-order valence-corrected chi connectivity index (χ0v) is 12.0. The van der Waals surface area contributed by atoms with Gasteiger partial charge in [0.25, 0.3) is 0 Å². The highest BCUT2D eigenvalue weighted by Crippen LogP contribution is 2.37. The molecule has 3 N–H and O–H groups in total. The van der Waals surface area contributed by atoms with Crippen LogP contribution in [0.25, 0.3) is 0 Å². The normalized spacial score (nSPS) is 18.4. The number of nitrogens with one attached hydrogen (secondary N) is 1. The lowest BCUT2D eigenvalue weighted by molar-refractivity contribution is 0.331. The maximum absolute atomic E-state index is 11.7. The molecule has 0 spiro atoms. The lowest BCUT2D eigenvalue weighted by Gasteiger charge is -2.27. The zero-order valence-electron chi connectivity index (χ0n) is 11.2. The number of nitrogens with two attached hydrogens (primary N) is 1. The second-order valence-electron chi connectivity index (χ2n) is 5.39. The third-order valence-corrected chi connectivity index (χ3v) is 5.03. The molecule has 6 heteroatoms. The highest BCUT2D eigenvalue weighted by atomic mass is 32.2. The van der Waals surface area contributed by atoms with Crippen LogP contribution in [0.5, 0.6) is 0 Å². The van der Waals surface area contributed by atoms with E-state index < -0.39 is 9.84 Å². The van der Waals surface area contributed by atoms with Crippen LogP contribution in [0.4, 0.5) is 5.82 Å². The molecule has 0 saturated heterocycles. The molecule has 0 aromatic carbocycles. The van der Waals surface area contributed by atoms with Crippen LogP contribution in [0, 0.1) is 5.41 Å². The van der Waals surface area contributed by atoms with Gasteiger partial charge in [0.15, 0.2) is 9.84 Å². The highest BCUT2D eigenvalue weighted by Gasteiger charge is 2.32. The predicted octanol–water partition coefficient (Wildman–Crippen LogP) is 1.42. The molecule has 1 fully saturated rings. The van der Waals surface area contributed by atoms with Gasteiger partial charge in [-0.1, -0.05) is 12.8 Å². The highest BCUT2D eigenvalue weighted by molar-refractivity contribution is 7.90. The number of pyridine rings is 1. The molecule has 5 nitrogen and oxygen atoms in total. The average molecular weight is 283 g/mol. The minimum Gasteiger partial charge on any atom is -0.368 e. The van der Waals surface area contributed by atoms with E-state index in [1.54, 1.807) is 18.3 Å². The van der Waals surface area contributed by atoms with Crippen LogP contribution in [-0.2, 0) is 9.84 Å². The van der Waals surface area contributed by atoms with E-state index >= 15 is 0 Å². The molecule has 1 heterocycles. The van der Waals surface area contributed by atoms with Gasteiger partial charge in [0.05, 0.1) is 0 Å². The quantitative estimate of drug-likeness (QED) is 0.853. The molecule has 1 aromatic heterocycles. The van der Waals surface area contributed by atoms with Crippen LogP contribution < -0.4 is 11.1 Å². The molecule has 2 rings (SSSR count). The van der Waals surface area contributed by atoms with Crippen molar-refractivity contribution in [2.24, 2.45) is 11.1 Å². The second-order valence-corrected chi connectivity index (χ2v) is 7.37. The number of sulfone groups is 1. The Morgan fingerprint density at radius 1 is 1.42 bits per heavy atom. The first-order chi connectivity index (χ1) is 8.97. The maximum Gasteiger partial charge on any atom is 0.179 e. The van der Waals surface area contributed by atoms with E-state index in [0.29, 0.717) is 18.9 Å². The van der Waals surface area contributed by atoms with E-state index in [1.807, 2.05) is 0 Å². The molecule has 1 aliphatic rings. The Hall–Kier alpha value is -1.14. The molecule has 0 amide bonds. The number of nitrogens with zero attached hydrogens (tertiary/aromatic N) is 1. The fourth-order valence-corrected chi connectivity index (χ4v) is 3.47. The van der Waals surface area contributed by atoms with Crippen LogP contribution in [0.3, 0.4) is 0 Å². The number of aromatic nitrogens is 1. The van der Waals surface area contributed by atoms with Gasteiger partial charge in [-0.3, -0.25) is 0 Å². The van der Waals surface area contributed by atoms with E-state index in [1.165, 1.54) is 19.1 Å². The van der Waals surface area contributed by atoms with Crippen molar-refractivity contribution in [3.63, 3.8) is 0 Å². The summed E-state index contributed by atoms with van der Waals surface area (Å²) in [6, 6.07) is 3.21. The monoisotopic (exact) mass is 283 g/mol. The molecule has 0 atom stereocenters. The topological polar surface area (TPSA) is 85.1 Å². The molecular weight excluding hydrogens is 262 g/mol. The Morgan fingerprint density at radius 2 is 2.11 bits per heavy atom. The smallest absolute Gasteiger partial charge is 0.179 e. The summed E-state index contributed by atoms with van der Waals surface area (Å²) in [6.45, 7) is 1.31. The van der Waals surface area contributed by atoms with Gasteiger partial charge < -0.3 is 11.1 Å². The van der Waals surface area contributed by atoms with Crippen LogP contribution in [-0.4, -0.2) is 32.7 Å². The van der Waals surface area contributed by atoms with Gasteiger partial charge in [-0.05, 0) is 36.9 Å². The van der Waals surface area contributed by atoms with E-state index in [-0.39, 0.29) is 10.3 Å². The number of hydrogen-bond donors (Lipinski definition) is 2. The van der Waals surface area contributed by atoms with Gasteiger partial charge in [0, 0.05) is 19.0 Å². The minimum atomic E-state index is -3.26. The van der Waals surface area contributed by atoms with Crippen LogP contribution in [0.15, 0.2) is 23.2 Å². The van der Waals surface area contributed by atoms with Crippen LogP contribution in [0.2, 0.25) is 0 Å². The van der Waals surface area contributed by atoms with E-state index in [4.69, 9.17) is 5.73 Å². The SMILES string of the molecule is CS(=O)(=O)c1cccnc1NCC1(CN)CCCC1. The number of anilines is 1. The molecule has 1 aromatic rings. The average Bonchev–Trinajstić information content (AvgIpc) is 2.85. The van der Waals surface area contributed by atoms with Crippen LogP contribution >= 0.6 is 0 Å². The molecule has 1 aliphatic carbocycles. The van der Waals surface area contributed by atoms with Crippen molar-refractivity contribution in [3.05, 3.63) is 18.3 Å². The lowest BCUT2D eigenvalue weighted by atomic mass is 9.86. The summed E-state index contributed by atoms with van der Waals surface area (Å²) >= 11 is 0. The van der Waals surface area contributed by atoms with Crippen molar-refractivity contribution in [1.82, 2.24) is 4.98 Å². The summed E-state index contributed by atoms with van der Waals surface area (Å²) in [5.41, 5.74) is 5.97. The number of rotatable bonds is 5. The first kappa shape index (κ1) is 14.3. The molecule has 0 bridgehead atoms. The Labute approximate surface area is 114 Å². The second kappa shape index (κ2) is 5.46. The first-order valence-electron chi connectivity index (χ1n) is 6.56. The Bertz CT molecular complexity index is 537. The summed E-state index contributed by atoms with van der Waals surface area (Å²) in [4.78, 5) is 4.39. The molecule has 0 aliphatic heterocycles. The number of hydrogen-bond acceptors (Lipinski definition) is 5. The molecule has 0 radical (unpaired) electrons. The fourth-order valence-electron chi connectivity index (χ4n) is 2.67. The van der Waals surface area contributed by atoms with Gasteiger partial charge in [0.2, 0.25) is 0 Å².